The molecule has 94 valence electrons. The van der Waals surface area contributed by atoms with Crippen molar-refractivity contribution in [3.8, 4) is 0 Å². The first-order valence-corrected chi connectivity index (χ1v) is 6.90. The molecule has 2 aliphatic heterocycles. The van der Waals surface area contributed by atoms with Gasteiger partial charge in [0.1, 0.15) is 5.82 Å². The highest BCUT2D eigenvalue weighted by Crippen LogP contribution is 2.30. The zero-order chi connectivity index (χ0) is 11.8. The first-order chi connectivity index (χ1) is 8.25. The van der Waals surface area contributed by atoms with E-state index in [1.807, 2.05) is 0 Å². The van der Waals surface area contributed by atoms with E-state index in [0.29, 0.717) is 12.0 Å². The Morgan fingerprint density at radius 2 is 2.00 bits per heavy atom. The molecule has 0 spiro atoms. The Bertz CT molecular complexity index is 398. The quantitative estimate of drug-likeness (QED) is 0.748. The molecule has 0 radical (unpaired) electrons. The molecule has 0 bridgehead atoms. The van der Waals surface area contributed by atoms with E-state index in [4.69, 9.17) is 10.1 Å². The van der Waals surface area contributed by atoms with Crippen LogP contribution in [0.3, 0.4) is 0 Å². The standard InChI is InChI=1S/C13H22N4/c1-10-6-5-9-17-13(10)14-12(15-17)11-7-3-4-8-16(11)2/h10-11H,3-9H2,1-2H3. The number of fused-ring (bicyclic) bond motifs is 1. The van der Waals surface area contributed by atoms with Gasteiger partial charge in [0.05, 0.1) is 6.04 Å². The van der Waals surface area contributed by atoms with Crippen LogP contribution >= 0.6 is 0 Å². The summed E-state index contributed by atoms with van der Waals surface area (Å²) in [5.41, 5.74) is 0. The van der Waals surface area contributed by atoms with Crippen LogP contribution in [0.15, 0.2) is 0 Å². The van der Waals surface area contributed by atoms with Gasteiger partial charge in [-0.1, -0.05) is 13.3 Å². The number of hydrogen-bond acceptors (Lipinski definition) is 3. The van der Waals surface area contributed by atoms with Crippen molar-refractivity contribution in [2.45, 2.75) is 57.5 Å². The SMILES string of the molecule is CC1CCCn2nc(C3CCCCN3C)nc21. The second-order valence-corrected chi connectivity index (χ2v) is 5.59. The highest BCUT2D eigenvalue weighted by molar-refractivity contribution is 5.05. The smallest absolute Gasteiger partial charge is 0.168 e. The molecule has 1 aromatic heterocycles. The molecule has 2 unspecified atom stereocenters. The molecule has 0 aromatic carbocycles. The summed E-state index contributed by atoms with van der Waals surface area (Å²) in [6.45, 7) is 4.52. The molecule has 4 nitrogen and oxygen atoms in total. The number of rotatable bonds is 1. The molecule has 0 saturated carbocycles. The molecule has 0 N–H and O–H groups in total. The number of aryl methyl sites for hydroxylation is 1. The summed E-state index contributed by atoms with van der Waals surface area (Å²) < 4.78 is 2.14. The van der Waals surface area contributed by atoms with Crippen LogP contribution in [0.1, 0.15) is 62.6 Å². The van der Waals surface area contributed by atoms with Crippen LogP contribution in [0, 0.1) is 0 Å². The van der Waals surface area contributed by atoms with Crippen LogP contribution in [0.4, 0.5) is 0 Å². The Kier molecular flexibility index (Phi) is 2.90. The van der Waals surface area contributed by atoms with E-state index in [1.165, 1.54) is 44.5 Å². The Morgan fingerprint density at radius 3 is 2.76 bits per heavy atom. The van der Waals surface area contributed by atoms with Crippen LogP contribution in [0.25, 0.3) is 0 Å². The van der Waals surface area contributed by atoms with Gasteiger partial charge in [-0.25, -0.2) is 9.67 Å². The molecule has 0 aliphatic carbocycles. The highest BCUT2D eigenvalue weighted by atomic mass is 15.4. The lowest BCUT2D eigenvalue weighted by Crippen LogP contribution is -2.30. The normalized spacial score (nSPS) is 30.2. The molecule has 17 heavy (non-hydrogen) atoms. The van der Waals surface area contributed by atoms with Crippen molar-refractivity contribution in [2.75, 3.05) is 13.6 Å². The van der Waals surface area contributed by atoms with Crippen molar-refractivity contribution in [1.29, 1.82) is 0 Å². The van der Waals surface area contributed by atoms with Gasteiger partial charge in [0.2, 0.25) is 0 Å². The third-order valence-electron chi connectivity index (χ3n) is 4.23. The maximum absolute atomic E-state index is 4.82. The molecule has 3 heterocycles. The summed E-state index contributed by atoms with van der Waals surface area (Å²) in [6.07, 6.45) is 6.36. The fraction of sp³-hybridized carbons (Fsp3) is 0.846. The minimum absolute atomic E-state index is 0.453. The van der Waals surface area contributed by atoms with Crippen molar-refractivity contribution in [3.05, 3.63) is 11.6 Å². The number of hydrogen-bond donors (Lipinski definition) is 0. The third-order valence-corrected chi connectivity index (χ3v) is 4.23. The second-order valence-electron chi connectivity index (χ2n) is 5.59. The Morgan fingerprint density at radius 1 is 1.12 bits per heavy atom. The van der Waals surface area contributed by atoms with Crippen molar-refractivity contribution in [3.63, 3.8) is 0 Å². The monoisotopic (exact) mass is 234 g/mol. The minimum Gasteiger partial charge on any atom is -0.296 e. The van der Waals surface area contributed by atoms with Gasteiger partial charge < -0.3 is 0 Å². The largest absolute Gasteiger partial charge is 0.296 e. The van der Waals surface area contributed by atoms with Crippen LogP contribution in [-0.4, -0.2) is 33.3 Å². The third kappa shape index (κ3) is 1.99. The Balaban J connectivity index is 1.88. The first kappa shape index (κ1) is 11.2. The fourth-order valence-electron chi connectivity index (χ4n) is 3.12. The minimum atomic E-state index is 0.453. The highest BCUT2D eigenvalue weighted by Gasteiger charge is 2.28. The molecule has 2 atom stereocenters. The molecular weight excluding hydrogens is 212 g/mol. The van der Waals surface area contributed by atoms with Gasteiger partial charge in [-0.2, -0.15) is 5.10 Å². The fourth-order valence-corrected chi connectivity index (χ4v) is 3.12. The number of aromatic nitrogens is 3. The zero-order valence-electron chi connectivity index (χ0n) is 10.9. The van der Waals surface area contributed by atoms with E-state index in [0.717, 1.165) is 12.4 Å². The lowest BCUT2D eigenvalue weighted by Gasteiger charge is -2.30. The van der Waals surface area contributed by atoms with Crippen LogP contribution in [-0.2, 0) is 6.54 Å². The van der Waals surface area contributed by atoms with Crippen molar-refractivity contribution in [2.24, 2.45) is 0 Å². The maximum Gasteiger partial charge on any atom is 0.168 e. The topological polar surface area (TPSA) is 34.0 Å². The van der Waals surface area contributed by atoms with Gasteiger partial charge in [-0.05, 0) is 39.3 Å². The summed E-state index contributed by atoms with van der Waals surface area (Å²) >= 11 is 0. The molecule has 1 saturated heterocycles. The predicted molar refractivity (Wildman–Crippen MR) is 66.9 cm³/mol. The van der Waals surface area contributed by atoms with Gasteiger partial charge in [0.15, 0.2) is 5.82 Å². The summed E-state index contributed by atoms with van der Waals surface area (Å²) in [6, 6.07) is 0.453. The first-order valence-electron chi connectivity index (χ1n) is 6.90. The van der Waals surface area contributed by atoms with E-state index in [9.17, 15) is 0 Å². The molecule has 1 fully saturated rings. The van der Waals surface area contributed by atoms with E-state index in [1.54, 1.807) is 0 Å². The second kappa shape index (κ2) is 4.41. The number of nitrogens with zero attached hydrogens (tertiary/aromatic N) is 4. The molecule has 2 aliphatic rings. The lowest BCUT2D eigenvalue weighted by molar-refractivity contribution is 0.179. The van der Waals surface area contributed by atoms with E-state index in [2.05, 4.69) is 23.6 Å². The van der Waals surface area contributed by atoms with Crippen molar-refractivity contribution in [1.82, 2.24) is 19.7 Å². The molecule has 3 rings (SSSR count). The number of piperidine rings is 1. The van der Waals surface area contributed by atoms with Gasteiger partial charge in [-0.3, -0.25) is 4.90 Å². The van der Waals surface area contributed by atoms with E-state index < -0.39 is 0 Å². The zero-order valence-corrected chi connectivity index (χ0v) is 10.9. The van der Waals surface area contributed by atoms with Crippen LogP contribution in [0.5, 0.6) is 0 Å². The Hall–Kier alpha value is -0.900. The molecule has 1 aromatic rings. The van der Waals surface area contributed by atoms with Crippen molar-refractivity contribution >= 4 is 0 Å². The van der Waals surface area contributed by atoms with Gasteiger partial charge in [0.25, 0.3) is 0 Å². The van der Waals surface area contributed by atoms with Crippen LogP contribution in [0.2, 0.25) is 0 Å². The average molecular weight is 234 g/mol. The predicted octanol–water partition coefficient (Wildman–Crippen LogP) is 2.33. The average Bonchev–Trinajstić information content (AvgIpc) is 2.75. The lowest BCUT2D eigenvalue weighted by atomic mass is 10.0. The maximum atomic E-state index is 4.82. The van der Waals surface area contributed by atoms with Gasteiger partial charge >= 0.3 is 0 Å². The van der Waals surface area contributed by atoms with Gasteiger partial charge in [-0.15, -0.1) is 0 Å². The summed E-state index contributed by atoms with van der Waals surface area (Å²) in [7, 11) is 2.20. The molecular formula is C13H22N4. The summed E-state index contributed by atoms with van der Waals surface area (Å²) in [5, 5.41) is 4.74. The molecule has 0 amide bonds. The summed E-state index contributed by atoms with van der Waals surface area (Å²) in [4.78, 5) is 7.23. The number of likely N-dealkylation sites (tertiary alicyclic amines) is 1. The summed E-state index contributed by atoms with van der Waals surface area (Å²) in [5.74, 6) is 2.86. The van der Waals surface area contributed by atoms with E-state index >= 15 is 0 Å². The van der Waals surface area contributed by atoms with Crippen molar-refractivity contribution < 1.29 is 0 Å². The van der Waals surface area contributed by atoms with E-state index in [-0.39, 0.29) is 0 Å². The van der Waals surface area contributed by atoms with Crippen LogP contribution < -0.4 is 0 Å². The molecule has 4 heteroatoms. The van der Waals surface area contributed by atoms with Gasteiger partial charge in [0, 0.05) is 12.5 Å². The Labute approximate surface area is 103 Å².